The lowest BCUT2D eigenvalue weighted by molar-refractivity contribution is -0.127. The molecule has 0 radical (unpaired) electrons. The molecule has 5 atom stereocenters. The molecule has 0 saturated carbocycles. The van der Waals surface area contributed by atoms with Crippen LogP contribution in [-0.2, 0) is 24.2 Å². The second-order valence-electron chi connectivity index (χ2n) is 12.5. The smallest absolute Gasteiger partial charge is 0.250 e. The van der Waals surface area contributed by atoms with Crippen LogP contribution in [0.3, 0.4) is 0 Å². The van der Waals surface area contributed by atoms with E-state index in [2.05, 4.69) is 21.3 Å². The summed E-state index contributed by atoms with van der Waals surface area (Å²) >= 11 is 0. The number of H-pyrrole nitrogens is 1. The normalized spacial score (nSPS) is 25.3. The molecule has 10 nitrogen and oxygen atoms in total. The maximum atomic E-state index is 14.4. The number of anilines is 2. The Kier molecular flexibility index (Phi) is 6.06. The Balaban J connectivity index is 1.16. The molecule has 2 aromatic carbocycles. The van der Waals surface area contributed by atoms with E-state index in [-0.39, 0.29) is 52.2 Å². The molecule has 2 aromatic heterocycles. The number of carbonyl (C=O) groups excluding carboxylic acids is 1. The molecule has 1 fully saturated rings. The van der Waals surface area contributed by atoms with E-state index in [1.165, 1.54) is 5.56 Å². The number of aryl methyl sites for hydroxylation is 1. The lowest BCUT2D eigenvalue weighted by Crippen LogP contribution is -2.61. The number of rotatable bonds is 4. The number of pyridine rings is 1. The van der Waals surface area contributed by atoms with Crippen LogP contribution in [0.2, 0.25) is 0 Å². The molecule has 5 unspecified atom stereocenters. The first-order valence-electron chi connectivity index (χ1n) is 15.1. The van der Waals surface area contributed by atoms with Crippen molar-refractivity contribution in [3.63, 3.8) is 0 Å². The number of hydrogen-bond donors (Lipinski definition) is 3. The van der Waals surface area contributed by atoms with E-state index in [0.29, 0.717) is 19.5 Å². The number of nitrogens with one attached hydrogen (secondary N) is 2. The minimum Gasteiger partial charge on any atom is -0.733 e. The average molecular weight is 581 g/mol. The number of ether oxygens (including phenoxy) is 1. The summed E-state index contributed by atoms with van der Waals surface area (Å²) in [7, 11) is 1.67. The van der Waals surface area contributed by atoms with Crippen LogP contribution in [0, 0.1) is 17.0 Å². The van der Waals surface area contributed by atoms with Crippen LogP contribution in [0.5, 0.6) is 5.75 Å². The van der Waals surface area contributed by atoms with Crippen molar-refractivity contribution < 1.29 is 14.7 Å². The highest BCUT2D eigenvalue weighted by Crippen LogP contribution is 2.48. The number of carbonyl (C=O) groups is 1. The van der Waals surface area contributed by atoms with Gasteiger partial charge in [0.2, 0.25) is 5.91 Å². The highest BCUT2D eigenvalue weighted by Gasteiger charge is 2.49. The Hall–Kier alpha value is -4.28. The molecule has 3 aliphatic heterocycles. The largest absolute Gasteiger partial charge is 0.733 e. The minimum atomic E-state index is -0.386. The average Bonchev–Trinajstić information content (AvgIpc) is 3.39. The first-order chi connectivity index (χ1) is 20.9. The fourth-order valence-electron chi connectivity index (χ4n) is 8.45. The predicted octanol–water partition coefficient (Wildman–Crippen LogP) is 4.39. The fraction of sp³-hybridized carbons (Fsp3) is 0.394. The standard InChI is InChI=1S/C33H34N5O5/c1-43-22-9-10-26-24(15-22)23-4-2-5-27(31(23)34-26)35-33(40)25-14-18-13-21(38(41)42)8-11-29(18)37-16-19-12-20(32(25)37)17-36-28(19)6-3-7-30(36)39/h3,6-11,13,15,19-20,25,27,32,34,41H,2,4-5,12,14,16-17H2,1H3,(H,35,40)/q-1. The third-order valence-corrected chi connectivity index (χ3v) is 10.3. The van der Waals surface area contributed by atoms with Crippen LogP contribution in [0.25, 0.3) is 10.9 Å². The summed E-state index contributed by atoms with van der Waals surface area (Å²) in [6.45, 7) is 1.25. The van der Waals surface area contributed by atoms with Gasteiger partial charge >= 0.3 is 0 Å². The van der Waals surface area contributed by atoms with Gasteiger partial charge in [-0.15, -0.1) is 0 Å². The SMILES string of the molecule is COc1ccc2[nH]c3c(c2c1)CCCC3NC(=O)C1Cc2cc(N([O-])O)ccc2N2CC3CC(Cn4c3cccc4=O)C12. The Morgan fingerprint density at radius 1 is 1.16 bits per heavy atom. The molecule has 43 heavy (non-hydrogen) atoms. The van der Waals surface area contributed by atoms with Crippen LogP contribution >= 0.6 is 0 Å². The quantitative estimate of drug-likeness (QED) is 0.306. The second-order valence-corrected chi connectivity index (χ2v) is 12.5. The molecule has 1 amide bonds. The van der Waals surface area contributed by atoms with E-state index in [9.17, 15) is 20.0 Å². The maximum absolute atomic E-state index is 14.4. The van der Waals surface area contributed by atoms with Gasteiger partial charge in [-0.2, -0.15) is 0 Å². The zero-order chi connectivity index (χ0) is 29.4. The van der Waals surface area contributed by atoms with Crippen LogP contribution in [-0.4, -0.2) is 40.4 Å². The summed E-state index contributed by atoms with van der Waals surface area (Å²) in [4.78, 5) is 33.2. The number of amides is 1. The number of fused-ring (bicyclic) bond motifs is 11. The van der Waals surface area contributed by atoms with E-state index < -0.39 is 0 Å². The summed E-state index contributed by atoms with van der Waals surface area (Å²) in [6.07, 6.45) is 4.12. The van der Waals surface area contributed by atoms with Gasteiger partial charge in [0.15, 0.2) is 0 Å². The molecule has 4 aliphatic rings. The molecule has 8 rings (SSSR count). The van der Waals surface area contributed by atoms with Gasteiger partial charge in [0, 0.05) is 59.1 Å². The first kappa shape index (κ1) is 26.4. The Bertz CT molecular complexity index is 1810. The number of aromatic nitrogens is 2. The third-order valence-electron chi connectivity index (χ3n) is 10.3. The van der Waals surface area contributed by atoms with Crippen molar-refractivity contribution in [3.05, 3.63) is 92.7 Å². The molecular weight excluding hydrogens is 546 g/mol. The summed E-state index contributed by atoms with van der Waals surface area (Å²) < 4.78 is 7.37. The number of nitrogens with zero attached hydrogens (tertiary/aromatic N) is 3. The summed E-state index contributed by atoms with van der Waals surface area (Å²) in [5, 5.41) is 25.9. The van der Waals surface area contributed by atoms with E-state index in [0.717, 1.165) is 65.0 Å². The van der Waals surface area contributed by atoms with E-state index in [1.807, 2.05) is 34.9 Å². The number of methoxy groups -OCH3 is 1. The highest BCUT2D eigenvalue weighted by atomic mass is 16.8. The van der Waals surface area contributed by atoms with E-state index >= 15 is 0 Å². The monoisotopic (exact) mass is 580 g/mol. The number of piperidine rings is 1. The molecule has 222 valence electrons. The summed E-state index contributed by atoms with van der Waals surface area (Å²) in [5.74, 6) is 0.683. The van der Waals surface area contributed by atoms with Crippen molar-refractivity contribution in [1.82, 2.24) is 14.9 Å². The second kappa shape index (κ2) is 9.89. The summed E-state index contributed by atoms with van der Waals surface area (Å²) in [6, 6.07) is 16.5. The molecule has 1 aliphatic carbocycles. The molecule has 1 saturated heterocycles. The van der Waals surface area contributed by atoms with Gasteiger partial charge in [0.1, 0.15) is 5.75 Å². The zero-order valence-corrected chi connectivity index (χ0v) is 24.0. The van der Waals surface area contributed by atoms with Crippen LogP contribution in [0.15, 0.2) is 59.4 Å². The maximum Gasteiger partial charge on any atom is 0.250 e. The van der Waals surface area contributed by atoms with Crippen molar-refractivity contribution in [2.24, 2.45) is 11.8 Å². The van der Waals surface area contributed by atoms with Gasteiger partial charge in [-0.05, 0) is 91.6 Å². The highest BCUT2D eigenvalue weighted by molar-refractivity contribution is 5.87. The Morgan fingerprint density at radius 3 is 2.88 bits per heavy atom. The van der Waals surface area contributed by atoms with Gasteiger partial charge in [-0.25, -0.2) is 0 Å². The molecule has 3 N–H and O–H groups in total. The zero-order valence-electron chi connectivity index (χ0n) is 24.0. The van der Waals surface area contributed by atoms with Crippen LogP contribution in [0.4, 0.5) is 11.4 Å². The molecule has 4 aromatic rings. The fourth-order valence-corrected chi connectivity index (χ4v) is 8.45. The lowest BCUT2D eigenvalue weighted by Gasteiger charge is -2.54. The molecule has 0 spiro atoms. The van der Waals surface area contributed by atoms with Gasteiger partial charge in [-0.1, -0.05) is 6.07 Å². The van der Waals surface area contributed by atoms with Gasteiger partial charge in [-0.3, -0.25) is 14.8 Å². The van der Waals surface area contributed by atoms with Gasteiger partial charge in [0.05, 0.1) is 24.8 Å². The van der Waals surface area contributed by atoms with Crippen molar-refractivity contribution in [2.75, 3.05) is 23.8 Å². The van der Waals surface area contributed by atoms with E-state index in [4.69, 9.17) is 4.74 Å². The third kappa shape index (κ3) is 4.15. The first-order valence-corrected chi connectivity index (χ1v) is 15.1. The Labute approximate surface area is 248 Å². The number of hydrogen-bond acceptors (Lipinski definition) is 7. The van der Waals surface area contributed by atoms with Crippen molar-refractivity contribution in [2.45, 2.75) is 56.7 Å². The van der Waals surface area contributed by atoms with Crippen molar-refractivity contribution in [1.29, 1.82) is 0 Å². The van der Waals surface area contributed by atoms with Gasteiger partial charge in [0.25, 0.3) is 5.56 Å². The van der Waals surface area contributed by atoms with Crippen molar-refractivity contribution >= 4 is 28.2 Å². The lowest BCUT2D eigenvalue weighted by atomic mass is 9.70. The van der Waals surface area contributed by atoms with Crippen LogP contribution in [0.1, 0.15) is 53.7 Å². The van der Waals surface area contributed by atoms with Crippen molar-refractivity contribution in [3.8, 4) is 5.75 Å². The minimum absolute atomic E-state index is 0.00571. The molecule has 10 heteroatoms. The Morgan fingerprint density at radius 2 is 2.05 bits per heavy atom. The topological polar surface area (TPSA) is 126 Å². The van der Waals surface area contributed by atoms with Crippen LogP contribution < -0.4 is 25.7 Å². The van der Waals surface area contributed by atoms with E-state index in [1.54, 1.807) is 25.3 Å². The number of aromatic amines is 1. The summed E-state index contributed by atoms with van der Waals surface area (Å²) in [5.41, 5.74) is 6.38. The number of benzene rings is 2. The predicted molar refractivity (Wildman–Crippen MR) is 163 cm³/mol. The molecular formula is C33H34N5O5-. The van der Waals surface area contributed by atoms with Gasteiger partial charge < -0.3 is 34.9 Å². The molecule has 2 bridgehead atoms. The molecule has 5 heterocycles.